The van der Waals surface area contributed by atoms with Crippen molar-refractivity contribution in [3.8, 4) is 6.07 Å². The van der Waals surface area contributed by atoms with E-state index in [9.17, 15) is 14.9 Å². The van der Waals surface area contributed by atoms with Crippen LogP contribution in [0.15, 0.2) is 91.0 Å². The maximum Gasteiger partial charge on any atom is 0.241 e. The third-order valence-electron chi connectivity index (χ3n) is 6.62. The minimum absolute atomic E-state index is 0.145. The number of Topliss-reactive ketones (excluding diaryl/α,β-unsaturated/α-hetero) is 1. The van der Waals surface area contributed by atoms with Crippen LogP contribution in [0.4, 0.5) is 5.69 Å². The summed E-state index contributed by atoms with van der Waals surface area (Å²) in [5.74, 6) is -1.61. The van der Waals surface area contributed by atoms with Gasteiger partial charge in [0.05, 0.1) is 12.1 Å². The summed E-state index contributed by atoms with van der Waals surface area (Å²) in [4.78, 5) is 29.0. The molecule has 5 heteroatoms. The highest BCUT2D eigenvalue weighted by atomic mass is 16.1. The molecule has 5 rings (SSSR count). The van der Waals surface area contributed by atoms with E-state index in [2.05, 4.69) is 6.07 Å². The number of anilines is 1. The summed E-state index contributed by atoms with van der Waals surface area (Å²) in [7, 11) is 0. The van der Waals surface area contributed by atoms with E-state index < -0.39 is 29.3 Å². The molecule has 1 fully saturated rings. The molecule has 0 radical (unpaired) electrons. The largest absolute Gasteiger partial charge is 0.368 e. The quantitative estimate of drug-likeness (QED) is 0.649. The first-order valence-electron chi connectivity index (χ1n) is 10.5. The number of nitrogens with two attached hydrogens (primary N) is 1. The van der Waals surface area contributed by atoms with Gasteiger partial charge in [-0.05, 0) is 17.2 Å². The number of primary amides is 1. The average Bonchev–Trinajstić information content (AvgIpc) is 3.16. The summed E-state index contributed by atoms with van der Waals surface area (Å²) >= 11 is 0. The molecule has 156 valence electrons. The monoisotopic (exact) mass is 419 g/mol. The van der Waals surface area contributed by atoms with Crippen LogP contribution in [-0.2, 0) is 4.79 Å². The summed E-state index contributed by atoms with van der Waals surface area (Å²) < 4.78 is 0. The molecule has 0 aliphatic carbocycles. The number of hydrogen-bond donors (Lipinski definition) is 1. The van der Waals surface area contributed by atoms with Gasteiger partial charge in [-0.15, -0.1) is 0 Å². The summed E-state index contributed by atoms with van der Waals surface area (Å²) in [5, 5.41) is 10.5. The Bertz CT molecular complexity index is 1260. The fourth-order valence-corrected chi connectivity index (χ4v) is 5.23. The van der Waals surface area contributed by atoms with Crippen LogP contribution in [0.25, 0.3) is 6.08 Å². The van der Waals surface area contributed by atoms with Crippen LogP contribution in [0.2, 0.25) is 0 Å². The molecule has 2 aliphatic heterocycles. The van der Waals surface area contributed by atoms with Gasteiger partial charge in [0, 0.05) is 17.2 Å². The van der Waals surface area contributed by atoms with Crippen LogP contribution in [0.5, 0.6) is 0 Å². The van der Waals surface area contributed by atoms with E-state index in [1.54, 1.807) is 12.1 Å². The Morgan fingerprint density at radius 1 is 0.906 bits per heavy atom. The van der Waals surface area contributed by atoms with Crippen molar-refractivity contribution in [1.82, 2.24) is 0 Å². The lowest BCUT2D eigenvalue weighted by Crippen LogP contribution is -2.49. The maximum atomic E-state index is 14.0. The number of amides is 1. The second-order valence-electron chi connectivity index (χ2n) is 8.18. The van der Waals surface area contributed by atoms with Gasteiger partial charge < -0.3 is 10.6 Å². The highest BCUT2D eigenvalue weighted by Crippen LogP contribution is 2.55. The number of benzene rings is 3. The molecule has 2 aliphatic rings. The van der Waals surface area contributed by atoms with E-state index in [0.717, 1.165) is 16.8 Å². The lowest BCUT2D eigenvalue weighted by atomic mass is 9.67. The SMILES string of the molecule is N#C[C@]1(C(N)=O)[C@H](c2ccccc2)[C@@H](C(=O)c2ccccc2)N2c3ccccc3C=C[C@H]21. The molecule has 0 unspecified atom stereocenters. The lowest BCUT2D eigenvalue weighted by Gasteiger charge is -2.36. The molecule has 1 amide bonds. The van der Waals surface area contributed by atoms with E-state index in [1.807, 2.05) is 89.8 Å². The number of carbonyl (C=O) groups excluding carboxylic acids is 2. The zero-order chi connectivity index (χ0) is 22.3. The predicted molar refractivity (Wildman–Crippen MR) is 123 cm³/mol. The van der Waals surface area contributed by atoms with Crippen LogP contribution < -0.4 is 10.6 Å². The van der Waals surface area contributed by atoms with Crippen molar-refractivity contribution < 1.29 is 9.59 Å². The van der Waals surface area contributed by atoms with Crippen molar-refractivity contribution in [3.63, 3.8) is 0 Å². The summed E-state index contributed by atoms with van der Waals surface area (Å²) in [6, 6.07) is 26.8. The first kappa shape index (κ1) is 19.8. The molecule has 0 saturated carbocycles. The number of rotatable bonds is 4. The number of fused-ring (bicyclic) bond motifs is 3. The number of para-hydroxylation sites is 1. The second kappa shape index (κ2) is 7.51. The van der Waals surface area contributed by atoms with Crippen molar-refractivity contribution in [2.45, 2.75) is 18.0 Å². The molecule has 1 saturated heterocycles. The number of carbonyl (C=O) groups is 2. The molecule has 3 aromatic carbocycles. The third kappa shape index (κ3) is 2.70. The highest BCUT2D eigenvalue weighted by Gasteiger charge is 2.65. The van der Waals surface area contributed by atoms with Crippen molar-refractivity contribution in [2.75, 3.05) is 4.90 Å². The van der Waals surface area contributed by atoms with Gasteiger partial charge in [0.15, 0.2) is 11.2 Å². The van der Waals surface area contributed by atoms with Gasteiger partial charge in [-0.2, -0.15) is 5.26 Å². The van der Waals surface area contributed by atoms with E-state index in [-0.39, 0.29) is 5.78 Å². The number of nitriles is 1. The average molecular weight is 419 g/mol. The Hall–Kier alpha value is -4.17. The summed E-state index contributed by atoms with van der Waals surface area (Å²) in [5.41, 5.74) is 7.37. The zero-order valence-electron chi connectivity index (χ0n) is 17.3. The molecule has 4 atom stereocenters. The molecular weight excluding hydrogens is 398 g/mol. The molecule has 2 heterocycles. The minimum atomic E-state index is -1.61. The van der Waals surface area contributed by atoms with Crippen LogP contribution in [-0.4, -0.2) is 23.8 Å². The Balaban J connectivity index is 1.81. The zero-order valence-corrected chi connectivity index (χ0v) is 17.3. The molecular formula is C27H21N3O2. The first-order chi connectivity index (χ1) is 15.6. The highest BCUT2D eigenvalue weighted by molar-refractivity contribution is 6.06. The van der Waals surface area contributed by atoms with E-state index in [1.165, 1.54) is 0 Å². The Labute approximate surface area is 186 Å². The predicted octanol–water partition coefficient (Wildman–Crippen LogP) is 3.93. The molecule has 0 bridgehead atoms. The third-order valence-corrected chi connectivity index (χ3v) is 6.62. The van der Waals surface area contributed by atoms with E-state index in [0.29, 0.717) is 5.56 Å². The molecule has 32 heavy (non-hydrogen) atoms. The summed E-state index contributed by atoms with van der Waals surface area (Å²) in [6.45, 7) is 0. The smallest absolute Gasteiger partial charge is 0.241 e. The Morgan fingerprint density at radius 3 is 2.19 bits per heavy atom. The molecule has 0 spiro atoms. The fourth-order valence-electron chi connectivity index (χ4n) is 5.23. The van der Waals surface area contributed by atoms with Crippen LogP contribution in [0, 0.1) is 16.7 Å². The van der Waals surface area contributed by atoms with Crippen molar-refractivity contribution >= 4 is 23.5 Å². The van der Waals surface area contributed by atoms with Crippen LogP contribution in [0.1, 0.15) is 27.4 Å². The van der Waals surface area contributed by atoms with Gasteiger partial charge in [0.1, 0.15) is 6.04 Å². The fraction of sp³-hybridized carbons (Fsp3) is 0.148. The van der Waals surface area contributed by atoms with Crippen LogP contribution in [0.3, 0.4) is 0 Å². The van der Waals surface area contributed by atoms with Gasteiger partial charge >= 0.3 is 0 Å². The van der Waals surface area contributed by atoms with Gasteiger partial charge in [-0.1, -0.05) is 91.0 Å². The lowest BCUT2D eigenvalue weighted by molar-refractivity contribution is -0.125. The normalized spacial score (nSPS) is 25.5. The minimum Gasteiger partial charge on any atom is -0.368 e. The topological polar surface area (TPSA) is 87.2 Å². The second-order valence-corrected chi connectivity index (χ2v) is 8.18. The number of hydrogen-bond acceptors (Lipinski definition) is 4. The molecule has 2 N–H and O–H groups in total. The van der Waals surface area contributed by atoms with Gasteiger partial charge in [-0.3, -0.25) is 9.59 Å². The van der Waals surface area contributed by atoms with Gasteiger partial charge in [0.25, 0.3) is 0 Å². The standard InChI is InChI=1S/C27H21N3O2/c28-17-27(26(29)32)22-16-15-18-9-7-8-14-21(18)30(22)24(23(27)19-10-3-1-4-11-19)25(31)20-12-5-2-6-13-20/h1-16,22-24H,(H2,29,32)/t22-,23+,24-,27+/m0/s1. The molecule has 5 nitrogen and oxygen atoms in total. The van der Waals surface area contributed by atoms with Crippen molar-refractivity contribution in [1.29, 1.82) is 5.26 Å². The van der Waals surface area contributed by atoms with Gasteiger partial charge in [-0.25, -0.2) is 0 Å². The maximum absolute atomic E-state index is 14.0. The van der Waals surface area contributed by atoms with Crippen molar-refractivity contribution in [2.24, 2.45) is 11.1 Å². The van der Waals surface area contributed by atoms with Crippen molar-refractivity contribution in [3.05, 3.63) is 108 Å². The molecule has 0 aromatic heterocycles. The van der Waals surface area contributed by atoms with E-state index in [4.69, 9.17) is 5.73 Å². The Kier molecular flexibility index (Phi) is 4.64. The van der Waals surface area contributed by atoms with E-state index >= 15 is 0 Å². The Morgan fingerprint density at radius 2 is 1.53 bits per heavy atom. The van der Waals surface area contributed by atoms with Crippen LogP contribution >= 0.6 is 0 Å². The number of ketones is 1. The first-order valence-corrected chi connectivity index (χ1v) is 10.5. The molecule has 3 aromatic rings. The number of nitrogens with zero attached hydrogens (tertiary/aromatic N) is 2. The van der Waals surface area contributed by atoms with Gasteiger partial charge in [0.2, 0.25) is 5.91 Å². The summed E-state index contributed by atoms with van der Waals surface area (Å²) in [6.07, 6.45) is 3.74.